The molecule has 4 rings (SSSR count). The van der Waals surface area contributed by atoms with Gasteiger partial charge in [0.2, 0.25) is 0 Å². The van der Waals surface area contributed by atoms with Gasteiger partial charge in [-0.2, -0.15) is 0 Å². The van der Waals surface area contributed by atoms with Crippen molar-refractivity contribution in [3.05, 3.63) is 51.3 Å². The molecule has 1 aromatic carbocycles. The lowest BCUT2D eigenvalue weighted by atomic mass is 9.64. The molecule has 0 unspecified atom stereocenters. The van der Waals surface area contributed by atoms with Crippen LogP contribution in [0.3, 0.4) is 0 Å². The number of hydrogen-bond acceptors (Lipinski definition) is 4. The molecule has 166 valence electrons. The Kier molecular flexibility index (Phi) is 5.58. The summed E-state index contributed by atoms with van der Waals surface area (Å²) >= 11 is 6.41. The summed E-state index contributed by atoms with van der Waals surface area (Å²) in [5, 5.41) is 4.13. The van der Waals surface area contributed by atoms with Gasteiger partial charge >= 0.3 is 0 Å². The predicted molar refractivity (Wildman–Crippen MR) is 123 cm³/mol. The highest BCUT2D eigenvalue weighted by molar-refractivity contribution is 6.30. The van der Waals surface area contributed by atoms with Gasteiger partial charge in [-0.1, -0.05) is 46.2 Å². The maximum atomic E-state index is 13.4. The van der Waals surface area contributed by atoms with Crippen LogP contribution in [-0.2, 0) is 9.59 Å². The van der Waals surface area contributed by atoms with E-state index in [2.05, 4.69) is 39.9 Å². The number of Topliss-reactive ketones (excluding diaryl/α,β-unsaturated/α-hetero) is 2. The minimum atomic E-state index is -0.427. The first kappa shape index (κ1) is 22.1. The number of carbonyl (C=O) groups excluding carboxylic acids is 2. The molecule has 0 bridgehead atoms. The van der Waals surface area contributed by atoms with Crippen LogP contribution in [0, 0.1) is 10.8 Å². The second-order valence-corrected chi connectivity index (χ2v) is 11.2. The molecule has 0 atom stereocenters. The smallest absolute Gasteiger partial charge is 0.162 e. The Bertz CT molecular complexity index is 963. The van der Waals surface area contributed by atoms with Crippen LogP contribution in [0.5, 0.6) is 5.75 Å². The molecule has 0 radical (unpaired) electrons. The van der Waals surface area contributed by atoms with Gasteiger partial charge in [0, 0.05) is 51.9 Å². The van der Waals surface area contributed by atoms with Gasteiger partial charge in [0.25, 0.3) is 0 Å². The van der Waals surface area contributed by atoms with E-state index in [4.69, 9.17) is 16.3 Å². The van der Waals surface area contributed by atoms with Crippen LogP contribution in [0.15, 0.2) is 40.7 Å². The fourth-order valence-electron chi connectivity index (χ4n) is 5.29. The van der Waals surface area contributed by atoms with Gasteiger partial charge in [0.15, 0.2) is 11.6 Å². The molecule has 1 aromatic rings. The van der Waals surface area contributed by atoms with Crippen molar-refractivity contribution in [3.8, 4) is 5.75 Å². The van der Waals surface area contributed by atoms with Gasteiger partial charge < -0.3 is 10.1 Å². The lowest BCUT2D eigenvalue weighted by molar-refractivity contribution is -0.119. The van der Waals surface area contributed by atoms with E-state index >= 15 is 0 Å². The molecule has 0 fully saturated rings. The molecule has 0 saturated heterocycles. The number of benzene rings is 1. The van der Waals surface area contributed by atoms with Crippen molar-refractivity contribution in [2.24, 2.45) is 10.8 Å². The average molecular weight is 442 g/mol. The number of rotatable bonds is 4. The Morgan fingerprint density at radius 2 is 1.52 bits per heavy atom. The van der Waals surface area contributed by atoms with E-state index in [1.54, 1.807) is 6.07 Å². The Labute approximate surface area is 190 Å². The zero-order chi connectivity index (χ0) is 22.6. The van der Waals surface area contributed by atoms with Crippen LogP contribution in [0.25, 0.3) is 0 Å². The summed E-state index contributed by atoms with van der Waals surface area (Å²) in [5.74, 6) is 0.486. The molecule has 0 amide bonds. The van der Waals surface area contributed by atoms with Gasteiger partial charge in [0.05, 0.1) is 6.61 Å². The topological polar surface area (TPSA) is 55.4 Å². The van der Waals surface area contributed by atoms with Crippen molar-refractivity contribution in [2.45, 2.75) is 72.6 Å². The van der Waals surface area contributed by atoms with Crippen LogP contribution < -0.4 is 10.1 Å². The molecule has 1 N–H and O–H groups in total. The van der Waals surface area contributed by atoms with Crippen molar-refractivity contribution in [3.63, 3.8) is 0 Å². The fraction of sp³-hybridized carbons (Fsp3) is 0.538. The number of dihydropyridines is 1. The molecule has 4 nitrogen and oxygen atoms in total. The van der Waals surface area contributed by atoms with E-state index in [9.17, 15) is 9.59 Å². The van der Waals surface area contributed by atoms with Gasteiger partial charge in [-0.15, -0.1) is 0 Å². The standard InChI is InChI=1S/C26H32ClNO3/c1-6-9-31-21-8-7-15(27)10-16(21)22-23-17(11-25(2,3)13-19(23)29)28-18-12-26(4,5)14-20(30)24(18)22/h7-8,10,22,28H,6,9,11-14H2,1-5H3. The van der Waals surface area contributed by atoms with Crippen LogP contribution in [0.4, 0.5) is 0 Å². The molecule has 3 aliphatic rings. The molecule has 0 saturated carbocycles. The summed E-state index contributed by atoms with van der Waals surface area (Å²) in [6.07, 6.45) is 3.37. The molecule has 31 heavy (non-hydrogen) atoms. The quantitative estimate of drug-likeness (QED) is 0.613. The number of ketones is 2. The summed E-state index contributed by atoms with van der Waals surface area (Å²) < 4.78 is 6.06. The molecular formula is C26H32ClNO3. The van der Waals surface area contributed by atoms with E-state index in [0.717, 1.165) is 47.4 Å². The van der Waals surface area contributed by atoms with Crippen molar-refractivity contribution >= 4 is 23.2 Å². The van der Waals surface area contributed by atoms with Crippen LogP contribution >= 0.6 is 11.6 Å². The first-order chi connectivity index (χ1) is 14.5. The molecule has 0 aromatic heterocycles. The summed E-state index contributed by atoms with van der Waals surface area (Å²) in [6.45, 7) is 11.1. The Morgan fingerprint density at radius 1 is 0.968 bits per heavy atom. The number of ether oxygens (including phenoxy) is 1. The highest BCUT2D eigenvalue weighted by atomic mass is 35.5. The fourth-order valence-corrected chi connectivity index (χ4v) is 5.47. The monoisotopic (exact) mass is 441 g/mol. The lowest BCUT2D eigenvalue weighted by Gasteiger charge is -2.44. The van der Waals surface area contributed by atoms with E-state index in [1.807, 2.05) is 12.1 Å². The SMILES string of the molecule is CCCOc1ccc(Cl)cc1C1C2=C(CC(C)(C)CC2=O)NC2=C1C(=O)CC(C)(C)C2. The minimum absolute atomic E-state index is 0.106. The third kappa shape index (κ3) is 4.19. The van der Waals surface area contributed by atoms with Crippen LogP contribution in [-0.4, -0.2) is 18.2 Å². The zero-order valence-corrected chi connectivity index (χ0v) is 19.9. The predicted octanol–water partition coefficient (Wildman–Crippen LogP) is 6.10. The van der Waals surface area contributed by atoms with Gasteiger partial charge in [-0.05, 0) is 48.3 Å². The molecule has 1 aliphatic heterocycles. The summed E-state index contributed by atoms with van der Waals surface area (Å²) in [7, 11) is 0. The average Bonchev–Trinajstić information content (AvgIpc) is 2.63. The highest BCUT2D eigenvalue weighted by Gasteiger charge is 2.47. The third-order valence-electron chi connectivity index (χ3n) is 6.46. The van der Waals surface area contributed by atoms with Crippen molar-refractivity contribution in [1.82, 2.24) is 5.32 Å². The zero-order valence-electron chi connectivity index (χ0n) is 19.2. The van der Waals surface area contributed by atoms with E-state index < -0.39 is 5.92 Å². The largest absolute Gasteiger partial charge is 0.493 e. The van der Waals surface area contributed by atoms with E-state index in [-0.39, 0.29) is 22.4 Å². The summed E-state index contributed by atoms with van der Waals surface area (Å²) in [4.78, 5) is 26.9. The molecule has 0 spiro atoms. The van der Waals surface area contributed by atoms with E-state index in [0.29, 0.717) is 30.2 Å². The van der Waals surface area contributed by atoms with Gasteiger partial charge in [0.1, 0.15) is 5.75 Å². The summed E-state index contributed by atoms with van der Waals surface area (Å²) in [6, 6.07) is 5.54. The van der Waals surface area contributed by atoms with Crippen molar-refractivity contribution < 1.29 is 14.3 Å². The van der Waals surface area contributed by atoms with Crippen LogP contribution in [0.2, 0.25) is 5.02 Å². The molecule has 5 heteroatoms. The first-order valence-electron chi connectivity index (χ1n) is 11.2. The van der Waals surface area contributed by atoms with Crippen molar-refractivity contribution in [2.75, 3.05) is 6.61 Å². The highest BCUT2D eigenvalue weighted by Crippen LogP contribution is 2.52. The second kappa shape index (κ2) is 7.81. The molecule has 2 aliphatic carbocycles. The Hall–Kier alpha value is -2.07. The number of hydrogen-bond donors (Lipinski definition) is 1. The van der Waals surface area contributed by atoms with E-state index in [1.165, 1.54) is 0 Å². The summed E-state index contributed by atoms with van der Waals surface area (Å²) in [5.41, 5.74) is 3.94. The number of nitrogens with one attached hydrogen (secondary N) is 1. The Morgan fingerprint density at radius 3 is 2.03 bits per heavy atom. The lowest BCUT2D eigenvalue weighted by Crippen LogP contribution is -2.42. The number of halogens is 1. The Balaban J connectivity index is 1.94. The number of allylic oxidation sites excluding steroid dienone is 4. The number of carbonyl (C=O) groups is 2. The van der Waals surface area contributed by atoms with Crippen molar-refractivity contribution in [1.29, 1.82) is 0 Å². The molecule has 1 heterocycles. The van der Waals surface area contributed by atoms with Gasteiger partial charge in [-0.25, -0.2) is 0 Å². The third-order valence-corrected chi connectivity index (χ3v) is 6.70. The maximum Gasteiger partial charge on any atom is 0.162 e. The first-order valence-corrected chi connectivity index (χ1v) is 11.6. The normalized spacial score (nSPS) is 22.8. The second-order valence-electron chi connectivity index (χ2n) is 10.8. The van der Waals surface area contributed by atoms with Gasteiger partial charge in [-0.3, -0.25) is 9.59 Å². The minimum Gasteiger partial charge on any atom is -0.493 e. The van der Waals surface area contributed by atoms with Crippen LogP contribution in [0.1, 0.15) is 78.2 Å². The molecular weight excluding hydrogens is 410 g/mol. The maximum absolute atomic E-state index is 13.4.